The summed E-state index contributed by atoms with van der Waals surface area (Å²) in [6.45, 7) is 1.10. The maximum Gasteiger partial charge on any atom is 0.217 e. The van der Waals surface area contributed by atoms with E-state index < -0.39 is 0 Å². The molecule has 2 aliphatic heterocycles. The van der Waals surface area contributed by atoms with Crippen molar-refractivity contribution in [1.82, 2.24) is 0 Å². The Morgan fingerprint density at radius 2 is 0.944 bits per heavy atom. The van der Waals surface area contributed by atoms with Crippen molar-refractivity contribution in [2.24, 2.45) is 9.98 Å². The van der Waals surface area contributed by atoms with Crippen molar-refractivity contribution in [3.8, 4) is 11.5 Å². The second-order valence-electron chi connectivity index (χ2n) is 8.44. The molecule has 0 bridgehead atoms. The van der Waals surface area contributed by atoms with Crippen LogP contribution in [0.5, 0.6) is 11.5 Å². The molecular formula is C30H26N2O4. The molecule has 0 fully saturated rings. The van der Waals surface area contributed by atoms with Gasteiger partial charge in [0.15, 0.2) is 0 Å². The van der Waals surface area contributed by atoms with E-state index >= 15 is 0 Å². The fourth-order valence-electron chi connectivity index (χ4n) is 4.03. The van der Waals surface area contributed by atoms with Crippen LogP contribution < -0.4 is 0 Å². The van der Waals surface area contributed by atoms with E-state index in [4.69, 9.17) is 9.47 Å². The third kappa shape index (κ3) is 5.55. The number of phenols is 2. The number of ether oxygens (including phenoxy) is 2. The van der Waals surface area contributed by atoms with Gasteiger partial charge in [-0.05, 0) is 47.5 Å². The molecule has 0 aromatic heterocycles. The fourth-order valence-corrected chi connectivity index (χ4v) is 4.03. The Kier molecular flexibility index (Phi) is 6.94. The minimum absolute atomic E-state index is 0.0450. The van der Waals surface area contributed by atoms with Crippen molar-refractivity contribution in [2.45, 2.75) is 12.1 Å². The molecule has 6 heteroatoms. The molecule has 2 heterocycles. The molecule has 6 nitrogen and oxygen atoms in total. The van der Waals surface area contributed by atoms with Gasteiger partial charge in [0.25, 0.3) is 0 Å². The number of benzene rings is 4. The molecule has 0 aliphatic carbocycles. The standard InChI is InChI=1S/2C15H13NO2/c2*17-13-8-4-7-12(9-13)15-16-14(10-18-15)11-5-2-1-3-6-11/h2*1-9,14,17H,10H2. The zero-order valence-corrected chi connectivity index (χ0v) is 19.6. The van der Waals surface area contributed by atoms with Gasteiger partial charge in [-0.1, -0.05) is 72.8 Å². The number of nitrogens with zero attached hydrogens (tertiary/aromatic N) is 2. The Balaban J connectivity index is 0.000000148. The van der Waals surface area contributed by atoms with Crippen molar-refractivity contribution in [2.75, 3.05) is 13.2 Å². The zero-order chi connectivity index (χ0) is 24.7. The lowest BCUT2D eigenvalue weighted by atomic mass is 10.1. The quantitative estimate of drug-likeness (QED) is 0.387. The Morgan fingerprint density at radius 1 is 0.528 bits per heavy atom. The minimum atomic E-state index is 0.0450. The number of phenolic OH excluding ortho intramolecular Hbond substituents is 2. The molecule has 2 unspecified atom stereocenters. The number of aromatic hydroxyl groups is 2. The van der Waals surface area contributed by atoms with Crippen LogP contribution >= 0.6 is 0 Å². The Morgan fingerprint density at radius 3 is 1.33 bits per heavy atom. The Labute approximate surface area is 209 Å². The van der Waals surface area contributed by atoms with Crippen LogP contribution in [0.25, 0.3) is 0 Å². The van der Waals surface area contributed by atoms with Crippen molar-refractivity contribution in [1.29, 1.82) is 0 Å². The van der Waals surface area contributed by atoms with Gasteiger partial charge in [-0.15, -0.1) is 0 Å². The van der Waals surface area contributed by atoms with E-state index in [-0.39, 0.29) is 23.6 Å². The summed E-state index contributed by atoms with van der Waals surface area (Å²) in [5, 5.41) is 18.9. The first-order valence-corrected chi connectivity index (χ1v) is 11.8. The third-order valence-electron chi connectivity index (χ3n) is 5.86. The number of hydrogen-bond acceptors (Lipinski definition) is 6. The van der Waals surface area contributed by atoms with Gasteiger partial charge in [0.2, 0.25) is 11.8 Å². The highest BCUT2D eigenvalue weighted by atomic mass is 16.5. The first-order valence-electron chi connectivity index (χ1n) is 11.8. The number of hydrogen-bond donors (Lipinski definition) is 2. The molecule has 2 aliphatic rings. The monoisotopic (exact) mass is 478 g/mol. The first-order chi connectivity index (χ1) is 17.7. The number of aliphatic imine (C=N–C) groups is 2. The van der Waals surface area contributed by atoms with Crippen LogP contribution in [-0.2, 0) is 9.47 Å². The lowest BCUT2D eigenvalue weighted by Gasteiger charge is -2.03. The molecular weight excluding hydrogens is 452 g/mol. The average molecular weight is 479 g/mol. The van der Waals surface area contributed by atoms with Crippen LogP contribution in [0.15, 0.2) is 119 Å². The van der Waals surface area contributed by atoms with Crippen LogP contribution in [0.1, 0.15) is 34.3 Å². The van der Waals surface area contributed by atoms with Crippen LogP contribution in [0, 0.1) is 0 Å². The summed E-state index contributed by atoms with van der Waals surface area (Å²) < 4.78 is 11.2. The van der Waals surface area contributed by atoms with Crippen molar-refractivity contribution >= 4 is 11.8 Å². The van der Waals surface area contributed by atoms with Gasteiger partial charge in [0.1, 0.15) is 36.8 Å². The molecule has 0 amide bonds. The highest BCUT2D eigenvalue weighted by molar-refractivity contribution is 5.96. The van der Waals surface area contributed by atoms with Gasteiger partial charge < -0.3 is 19.7 Å². The second kappa shape index (κ2) is 10.8. The summed E-state index contributed by atoms with van der Waals surface area (Å²) in [6.07, 6.45) is 0. The maximum atomic E-state index is 9.45. The van der Waals surface area contributed by atoms with Crippen molar-refractivity contribution in [3.05, 3.63) is 131 Å². The van der Waals surface area contributed by atoms with Gasteiger partial charge in [0.05, 0.1) is 0 Å². The molecule has 0 radical (unpaired) electrons. The molecule has 2 N–H and O–H groups in total. The predicted molar refractivity (Wildman–Crippen MR) is 140 cm³/mol. The van der Waals surface area contributed by atoms with Crippen LogP contribution in [0.3, 0.4) is 0 Å². The fraction of sp³-hybridized carbons (Fsp3) is 0.133. The van der Waals surface area contributed by atoms with E-state index in [0.717, 1.165) is 22.3 Å². The maximum absolute atomic E-state index is 9.45. The van der Waals surface area contributed by atoms with E-state index in [1.807, 2.05) is 72.8 Å². The predicted octanol–water partition coefficient (Wildman–Crippen LogP) is 5.82. The van der Waals surface area contributed by atoms with Gasteiger partial charge in [-0.2, -0.15) is 0 Å². The lowest BCUT2D eigenvalue weighted by molar-refractivity contribution is 0.319. The minimum Gasteiger partial charge on any atom is -0.508 e. The van der Waals surface area contributed by atoms with Gasteiger partial charge in [0, 0.05) is 11.1 Å². The topological polar surface area (TPSA) is 83.6 Å². The summed E-state index contributed by atoms with van der Waals surface area (Å²) in [4.78, 5) is 9.11. The first kappa shape index (κ1) is 23.2. The molecule has 4 aromatic carbocycles. The molecule has 0 saturated heterocycles. The van der Waals surface area contributed by atoms with Crippen LogP contribution in [-0.4, -0.2) is 35.2 Å². The molecule has 0 saturated carbocycles. The summed E-state index contributed by atoms with van der Waals surface area (Å²) in [7, 11) is 0. The van der Waals surface area contributed by atoms with Crippen molar-refractivity contribution < 1.29 is 19.7 Å². The van der Waals surface area contributed by atoms with E-state index in [9.17, 15) is 10.2 Å². The Hall–Kier alpha value is -4.58. The second-order valence-corrected chi connectivity index (χ2v) is 8.44. The lowest BCUT2D eigenvalue weighted by Crippen LogP contribution is -2.00. The van der Waals surface area contributed by atoms with Crippen molar-refractivity contribution in [3.63, 3.8) is 0 Å². The summed E-state index contributed by atoms with van der Waals surface area (Å²) in [6, 6.07) is 34.1. The smallest absolute Gasteiger partial charge is 0.217 e. The highest BCUT2D eigenvalue weighted by Crippen LogP contribution is 2.27. The molecule has 0 spiro atoms. The summed E-state index contributed by atoms with van der Waals surface area (Å²) in [5.74, 6) is 1.64. The van der Waals surface area contributed by atoms with E-state index in [2.05, 4.69) is 9.98 Å². The molecule has 2 atom stereocenters. The Bertz CT molecular complexity index is 1260. The van der Waals surface area contributed by atoms with Gasteiger partial charge in [-0.3, -0.25) is 0 Å². The van der Waals surface area contributed by atoms with Crippen LogP contribution in [0.4, 0.5) is 0 Å². The van der Waals surface area contributed by atoms with E-state index in [1.54, 1.807) is 36.4 Å². The SMILES string of the molecule is Oc1cccc(C2=NC(c3ccccc3)CO2)c1.Oc1cccc(C2=NC(c3ccccc3)CO2)c1. The largest absolute Gasteiger partial charge is 0.508 e. The number of rotatable bonds is 4. The molecule has 36 heavy (non-hydrogen) atoms. The third-order valence-corrected chi connectivity index (χ3v) is 5.86. The average Bonchev–Trinajstić information content (AvgIpc) is 3.61. The molecule has 180 valence electrons. The van der Waals surface area contributed by atoms with Gasteiger partial charge in [-0.25, -0.2) is 9.98 Å². The normalized spacial score (nSPS) is 18.2. The van der Waals surface area contributed by atoms with E-state index in [0.29, 0.717) is 25.0 Å². The zero-order valence-electron chi connectivity index (χ0n) is 19.6. The van der Waals surface area contributed by atoms with Gasteiger partial charge >= 0.3 is 0 Å². The summed E-state index contributed by atoms with van der Waals surface area (Å²) in [5.41, 5.74) is 3.92. The molecule has 4 aromatic rings. The molecule has 6 rings (SSSR count). The summed E-state index contributed by atoms with van der Waals surface area (Å²) >= 11 is 0. The van der Waals surface area contributed by atoms with E-state index in [1.165, 1.54) is 0 Å². The highest BCUT2D eigenvalue weighted by Gasteiger charge is 2.22. The van der Waals surface area contributed by atoms with Crippen LogP contribution in [0.2, 0.25) is 0 Å².